The van der Waals surface area contributed by atoms with Gasteiger partial charge in [-0.15, -0.1) is 0 Å². The van der Waals surface area contributed by atoms with Crippen molar-refractivity contribution in [3.63, 3.8) is 0 Å². The Bertz CT molecular complexity index is 696. The van der Waals surface area contributed by atoms with E-state index in [0.29, 0.717) is 18.4 Å². The molecule has 1 aliphatic rings. The first-order chi connectivity index (χ1) is 10.8. The van der Waals surface area contributed by atoms with E-state index in [0.717, 1.165) is 0 Å². The smallest absolute Gasteiger partial charge is 0.308 e. The summed E-state index contributed by atoms with van der Waals surface area (Å²) in [7, 11) is -3.30. The summed E-state index contributed by atoms with van der Waals surface area (Å²) in [5.41, 5.74) is 0.373. The van der Waals surface area contributed by atoms with Crippen molar-refractivity contribution in [3.8, 4) is 0 Å². The van der Waals surface area contributed by atoms with Gasteiger partial charge in [-0.3, -0.25) is 9.59 Å². The fourth-order valence-corrected chi connectivity index (χ4v) is 3.61. The first-order valence-corrected chi connectivity index (χ1v) is 9.28. The number of benzene rings is 1. The minimum atomic E-state index is -3.30. The third-order valence-corrected chi connectivity index (χ3v) is 6.08. The summed E-state index contributed by atoms with van der Waals surface area (Å²) >= 11 is 0. The summed E-state index contributed by atoms with van der Waals surface area (Å²) in [6.07, 6.45) is 1.21. The van der Waals surface area contributed by atoms with Crippen LogP contribution < -0.4 is 0 Å². The number of sulfone groups is 1. The standard InChI is InChI=1S/C16H21NO5S/c1-3-23(21,22)14-8-6-12(7-9-14)15(18)17-10-13(16(19)20)5-4-11(17)2/h6-9,11,13H,3-5,10H2,1-2H3,(H,19,20). The molecule has 1 aliphatic heterocycles. The Labute approximate surface area is 136 Å². The van der Waals surface area contributed by atoms with Crippen molar-refractivity contribution in [2.75, 3.05) is 12.3 Å². The van der Waals surface area contributed by atoms with Gasteiger partial charge in [-0.1, -0.05) is 6.92 Å². The lowest BCUT2D eigenvalue weighted by molar-refractivity contribution is -0.143. The second-order valence-electron chi connectivity index (χ2n) is 5.85. The molecular formula is C16H21NO5S. The van der Waals surface area contributed by atoms with Crippen LogP contribution in [0, 0.1) is 5.92 Å². The Hall–Kier alpha value is -1.89. The number of amides is 1. The second kappa shape index (κ2) is 6.70. The zero-order valence-corrected chi connectivity index (χ0v) is 14.0. The fourth-order valence-electron chi connectivity index (χ4n) is 2.73. The molecule has 7 heteroatoms. The molecular weight excluding hydrogens is 318 g/mol. The van der Waals surface area contributed by atoms with Crippen molar-refractivity contribution in [1.29, 1.82) is 0 Å². The summed E-state index contributed by atoms with van der Waals surface area (Å²) in [5, 5.41) is 9.14. The van der Waals surface area contributed by atoms with E-state index in [-0.39, 0.29) is 29.1 Å². The van der Waals surface area contributed by atoms with Crippen molar-refractivity contribution < 1.29 is 23.1 Å². The van der Waals surface area contributed by atoms with Crippen LogP contribution in [-0.4, -0.2) is 48.6 Å². The number of aliphatic carboxylic acids is 1. The predicted molar refractivity (Wildman–Crippen MR) is 85.0 cm³/mol. The van der Waals surface area contributed by atoms with E-state index in [9.17, 15) is 18.0 Å². The maximum absolute atomic E-state index is 12.6. The molecule has 0 radical (unpaired) electrons. The average Bonchev–Trinajstić information content (AvgIpc) is 2.54. The first-order valence-electron chi connectivity index (χ1n) is 7.63. The Morgan fingerprint density at radius 3 is 2.35 bits per heavy atom. The monoisotopic (exact) mass is 339 g/mol. The first kappa shape index (κ1) is 17.5. The van der Waals surface area contributed by atoms with E-state index in [1.165, 1.54) is 24.3 Å². The molecule has 1 aromatic carbocycles. The number of carboxylic acids is 1. The Morgan fingerprint density at radius 1 is 1.22 bits per heavy atom. The number of nitrogens with zero attached hydrogens (tertiary/aromatic N) is 1. The van der Waals surface area contributed by atoms with Crippen LogP contribution in [-0.2, 0) is 14.6 Å². The van der Waals surface area contributed by atoms with Gasteiger partial charge in [0, 0.05) is 18.2 Å². The van der Waals surface area contributed by atoms with Gasteiger partial charge in [0.15, 0.2) is 9.84 Å². The maximum atomic E-state index is 12.6. The molecule has 1 aromatic rings. The average molecular weight is 339 g/mol. The molecule has 1 saturated heterocycles. The van der Waals surface area contributed by atoms with Gasteiger partial charge in [0.1, 0.15) is 0 Å². The molecule has 1 heterocycles. The molecule has 6 nitrogen and oxygen atoms in total. The van der Waals surface area contributed by atoms with Gasteiger partial charge in [0.2, 0.25) is 0 Å². The number of hydrogen-bond donors (Lipinski definition) is 1. The van der Waals surface area contributed by atoms with Gasteiger partial charge >= 0.3 is 5.97 Å². The summed E-state index contributed by atoms with van der Waals surface area (Å²) < 4.78 is 23.6. The highest BCUT2D eigenvalue weighted by atomic mass is 32.2. The molecule has 1 amide bonds. The Morgan fingerprint density at radius 2 is 1.83 bits per heavy atom. The molecule has 0 aromatic heterocycles. The van der Waals surface area contributed by atoms with E-state index in [4.69, 9.17) is 5.11 Å². The van der Waals surface area contributed by atoms with Crippen LogP contribution >= 0.6 is 0 Å². The Balaban J connectivity index is 2.21. The molecule has 0 aliphatic carbocycles. The SMILES string of the molecule is CCS(=O)(=O)c1ccc(C(=O)N2CC(C(=O)O)CCC2C)cc1. The highest BCUT2D eigenvalue weighted by molar-refractivity contribution is 7.91. The molecule has 126 valence electrons. The van der Waals surface area contributed by atoms with E-state index in [2.05, 4.69) is 0 Å². The third kappa shape index (κ3) is 3.72. The van der Waals surface area contributed by atoms with Crippen molar-refractivity contribution in [1.82, 2.24) is 4.90 Å². The second-order valence-corrected chi connectivity index (χ2v) is 8.13. The van der Waals surface area contributed by atoms with Crippen molar-refractivity contribution in [3.05, 3.63) is 29.8 Å². The summed E-state index contributed by atoms with van der Waals surface area (Å²) in [6, 6.07) is 5.80. The van der Waals surface area contributed by atoms with Gasteiger partial charge in [0.05, 0.1) is 16.6 Å². The zero-order valence-electron chi connectivity index (χ0n) is 13.2. The number of likely N-dealkylation sites (tertiary alicyclic amines) is 1. The summed E-state index contributed by atoms with van der Waals surface area (Å²) in [5.74, 6) is -1.69. The topological polar surface area (TPSA) is 91.8 Å². The van der Waals surface area contributed by atoms with Gasteiger partial charge in [0.25, 0.3) is 5.91 Å². The van der Waals surface area contributed by atoms with Crippen LogP contribution in [0.25, 0.3) is 0 Å². The number of carbonyl (C=O) groups is 2. The minimum Gasteiger partial charge on any atom is -0.481 e. The maximum Gasteiger partial charge on any atom is 0.308 e. The van der Waals surface area contributed by atoms with Crippen molar-refractivity contribution >= 4 is 21.7 Å². The van der Waals surface area contributed by atoms with Gasteiger partial charge in [-0.05, 0) is 44.0 Å². The molecule has 2 atom stereocenters. The van der Waals surface area contributed by atoms with E-state index in [1.807, 2.05) is 6.92 Å². The van der Waals surface area contributed by atoms with Crippen LogP contribution in [0.4, 0.5) is 0 Å². The fraction of sp³-hybridized carbons (Fsp3) is 0.500. The van der Waals surface area contributed by atoms with E-state index >= 15 is 0 Å². The zero-order chi connectivity index (χ0) is 17.2. The van der Waals surface area contributed by atoms with Gasteiger partial charge < -0.3 is 10.0 Å². The van der Waals surface area contributed by atoms with Crippen LogP contribution in [0.2, 0.25) is 0 Å². The lowest BCUT2D eigenvalue weighted by atomic mass is 9.93. The lowest BCUT2D eigenvalue weighted by Gasteiger charge is -2.36. The molecule has 2 unspecified atom stereocenters. The van der Waals surface area contributed by atoms with Crippen LogP contribution in [0.3, 0.4) is 0 Å². The van der Waals surface area contributed by atoms with Crippen LogP contribution in [0.1, 0.15) is 37.0 Å². The van der Waals surface area contributed by atoms with E-state index in [1.54, 1.807) is 11.8 Å². The van der Waals surface area contributed by atoms with Crippen LogP contribution in [0.15, 0.2) is 29.2 Å². The Kier molecular flexibility index (Phi) is 5.09. The number of carboxylic acid groups (broad SMARTS) is 1. The molecule has 1 N–H and O–H groups in total. The summed E-state index contributed by atoms with van der Waals surface area (Å²) in [4.78, 5) is 25.5. The van der Waals surface area contributed by atoms with Crippen molar-refractivity contribution in [2.24, 2.45) is 5.92 Å². The lowest BCUT2D eigenvalue weighted by Crippen LogP contribution is -2.47. The highest BCUT2D eigenvalue weighted by Gasteiger charge is 2.33. The summed E-state index contributed by atoms with van der Waals surface area (Å²) in [6.45, 7) is 3.64. The quantitative estimate of drug-likeness (QED) is 0.903. The molecule has 0 bridgehead atoms. The minimum absolute atomic E-state index is 0.00371. The molecule has 1 fully saturated rings. The predicted octanol–water partition coefficient (Wildman–Crippen LogP) is 1.81. The molecule has 2 rings (SSSR count). The number of rotatable bonds is 4. The third-order valence-electron chi connectivity index (χ3n) is 4.33. The van der Waals surface area contributed by atoms with Crippen LogP contribution in [0.5, 0.6) is 0 Å². The number of carbonyl (C=O) groups excluding carboxylic acids is 1. The van der Waals surface area contributed by atoms with Gasteiger partial charge in [-0.2, -0.15) is 0 Å². The molecule has 0 spiro atoms. The number of hydrogen-bond acceptors (Lipinski definition) is 4. The number of piperidine rings is 1. The van der Waals surface area contributed by atoms with E-state index < -0.39 is 21.7 Å². The molecule has 0 saturated carbocycles. The van der Waals surface area contributed by atoms with Gasteiger partial charge in [-0.25, -0.2) is 8.42 Å². The van der Waals surface area contributed by atoms with Crippen molar-refractivity contribution in [2.45, 2.75) is 37.6 Å². The largest absolute Gasteiger partial charge is 0.481 e. The highest BCUT2D eigenvalue weighted by Crippen LogP contribution is 2.24. The normalized spacial score (nSPS) is 21.9. The molecule has 23 heavy (non-hydrogen) atoms.